The van der Waals surface area contributed by atoms with Crippen LogP contribution < -0.4 is 0 Å². The van der Waals surface area contributed by atoms with Crippen LogP contribution in [0.2, 0.25) is 0 Å². The van der Waals surface area contributed by atoms with E-state index in [9.17, 15) is 5.26 Å². The second kappa shape index (κ2) is 4.38. The Balaban J connectivity index is 1.95. The van der Waals surface area contributed by atoms with Gasteiger partial charge in [-0.05, 0) is 18.4 Å². The fourth-order valence-electron chi connectivity index (χ4n) is 3.20. The van der Waals surface area contributed by atoms with Gasteiger partial charge in [-0.1, -0.05) is 30.3 Å². The van der Waals surface area contributed by atoms with Crippen LogP contribution in [0, 0.1) is 11.3 Å². The Morgan fingerprint density at radius 1 is 1.06 bits per heavy atom. The zero-order valence-electron chi connectivity index (χ0n) is 10.4. The molecular formula is C15H17NO2. The van der Waals surface area contributed by atoms with Crippen LogP contribution >= 0.6 is 0 Å². The first-order chi connectivity index (χ1) is 8.79. The van der Waals surface area contributed by atoms with Crippen LogP contribution in [0.3, 0.4) is 0 Å². The van der Waals surface area contributed by atoms with E-state index >= 15 is 0 Å². The molecular weight excluding hydrogens is 226 g/mol. The van der Waals surface area contributed by atoms with Crippen molar-refractivity contribution in [2.75, 3.05) is 13.2 Å². The maximum absolute atomic E-state index is 9.68. The second-order valence-corrected chi connectivity index (χ2v) is 5.20. The maximum atomic E-state index is 9.68. The van der Waals surface area contributed by atoms with E-state index in [4.69, 9.17) is 9.47 Å². The predicted octanol–water partition coefficient (Wildman–Crippen LogP) is 2.77. The molecule has 0 amide bonds. The highest BCUT2D eigenvalue weighted by Crippen LogP contribution is 2.46. The summed E-state index contributed by atoms with van der Waals surface area (Å²) in [5, 5.41) is 9.68. The van der Waals surface area contributed by atoms with Gasteiger partial charge in [0.1, 0.15) is 0 Å². The van der Waals surface area contributed by atoms with Gasteiger partial charge in [0.15, 0.2) is 5.79 Å². The van der Waals surface area contributed by atoms with Crippen molar-refractivity contribution in [1.82, 2.24) is 0 Å². The third-order valence-electron chi connectivity index (χ3n) is 4.09. The molecule has 0 bridgehead atoms. The Bertz CT molecular complexity index is 459. The van der Waals surface area contributed by atoms with Crippen LogP contribution in [0.4, 0.5) is 0 Å². The first kappa shape index (κ1) is 11.7. The Labute approximate surface area is 107 Å². The van der Waals surface area contributed by atoms with Crippen molar-refractivity contribution >= 4 is 0 Å². The van der Waals surface area contributed by atoms with Gasteiger partial charge in [0.2, 0.25) is 0 Å². The third kappa shape index (κ3) is 1.82. The van der Waals surface area contributed by atoms with E-state index in [-0.39, 0.29) is 0 Å². The molecule has 94 valence electrons. The van der Waals surface area contributed by atoms with Gasteiger partial charge in [-0.3, -0.25) is 0 Å². The molecule has 0 aromatic heterocycles. The van der Waals surface area contributed by atoms with Crippen molar-refractivity contribution in [1.29, 1.82) is 5.26 Å². The van der Waals surface area contributed by atoms with E-state index in [0.29, 0.717) is 19.6 Å². The van der Waals surface area contributed by atoms with Crippen molar-refractivity contribution in [3.8, 4) is 6.07 Å². The van der Waals surface area contributed by atoms with Gasteiger partial charge in [0.25, 0.3) is 0 Å². The van der Waals surface area contributed by atoms with E-state index in [1.165, 1.54) is 0 Å². The lowest BCUT2D eigenvalue weighted by Crippen LogP contribution is -2.44. The summed E-state index contributed by atoms with van der Waals surface area (Å²) < 4.78 is 11.6. The minimum Gasteiger partial charge on any atom is -0.347 e. The minimum absolute atomic E-state index is 0.455. The summed E-state index contributed by atoms with van der Waals surface area (Å²) in [6, 6.07) is 12.6. The van der Waals surface area contributed by atoms with Crippen LogP contribution in [0.5, 0.6) is 0 Å². The van der Waals surface area contributed by atoms with Gasteiger partial charge < -0.3 is 9.47 Å². The molecule has 1 spiro atoms. The van der Waals surface area contributed by atoms with Gasteiger partial charge >= 0.3 is 0 Å². The molecule has 0 radical (unpaired) electrons. The first-order valence-corrected chi connectivity index (χ1v) is 6.53. The largest absolute Gasteiger partial charge is 0.347 e. The number of benzene rings is 1. The quantitative estimate of drug-likeness (QED) is 0.761. The molecule has 1 atom stereocenters. The molecule has 0 N–H and O–H groups in total. The van der Waals surface area contributed by atoms with E-state index in [0.717, 1.165) is 24.8 Å². The number of rotatable bonds is 1. The van der Waals surface area contributed by atoms with Crippen LogP contribution in [-0.4, -0.2) is 19.0 Å². The van der Waals surface area contributed by atoms with Crippen molar-refractivity contribution in [3.05, 3.63) is 35.9 Å². The van der Waals surface area contributed by atoms with Gasteiger partial charge in [0.05, 0.1) is 24.7 Å². The molecule has 1 aliphatic heterocycles. The summed E-state index contributed by atoms with van der Waals surface area (Å²) in [6.45, 7) is 1.30. The summed E-state index contributed by atoms with van der Waals surface area (Å²) >= 11 is 0. The monoisotopic (exact) mass is 243 g/mol. The van der Waals surface area contributed by atoms with Gasteiger partial charge in [0, 0.05) is 12.8 Å². The number of nitriles is 1. The molecule has 18 heavy (non-hydrogen) atoms. The molecule has 1 aromatic carbocycles. The molecule has 3 nitrogen and oxygen atoms in total. The van der Waals surface area contributed by atoms with Gasteiger partial charge in [-0.2, -0.15) is 5.26 Å². The Kier molecular flexibility index (Phi) is 2.85. The fraction of sp³-hybridized carbons (Fsp3) is 0.533. The molecule has 1 aromatic rings. The van der Waals surface area contributed by atoms with Crippen LogP contribution in [-0.2, 0) is 14.9 Å². The highest BCUT2D eigenvalue weighted by molar-refractivity contribution is 5.33. The number of nitrogens with zero attached hydrogens (tertiary/aromatic N) is 1. The van der Waals surface area contributed by atoms with Crippen molar-refractivity contribution < 1.29 is 9.47 Å². The van der Waals surface area contributed by atoms with E-state index in [1.807, 2.05) is 30.3 Å². The first-order valence-electron chi connectivity index (χ1n) is 6.53. The molecule has 1 saturated carbocycles. The molecule has 3 rings (SSSR count). The smallest absolute Gasteiger partial charge is 0.170 e. The second-order valence-electron chi connectivity index (χ2n) is 5.20. The summed E-state index contributed by atoms with van der Waals surface area (Å²) in [5.74, 6) is -0.510. The number of hydrogen-bond donors (Lipinski definition) is 0. The van der Waals surface area contributed by atoms with E-state index < -0.39 is 11.2 Å². The lowest BCUT2D eigenvalue weighted by molar-refractivity contribution is -0.186. The predicted molar refractivity (Wildman–Crippen MR) is 66.8 cm³/mol. The molecule has 0 unspecified atom stereocenters. The van der Waals surface area contributed by atoms with Crippen molar-refractivity contribution in [2.45, 2.75) is 36.9 Å². The molecule has 1 aliphatic carbocycles. The average molecular weight is 243 g/mol. The topological polar surface area (TPSA) is 42.2 Å². The molecule has 2 aliphatic rings. The van der Waals surface area contributed by atoms with Crippen molar-refractivity contribution in [2.24, 2.45) is 0 Å². The summed E-state index contributed by atoms with van der Waals surface area (Å²) in [6.07, 6.45) is 3.42. The highest BCUT2D eigenvalue weighted by atomic mass is 16.7. The number of ether oxygens (including phenoxy) is 2. The molecule has 3 heteroatoms. The van der Waals surface area contributed by atoms with Crippen LogP contribution in [0.15, 0.2) is 30.3 Å². The Morgan fingerprint density at radius 2 is 1.78 bits per heavy atom. The van der Waals surface area contributed by atoms with Crippen LogP contribution in [0.25, 0.3) is 0 Å². The number of hydrogen-bond acceptors (Lipinski definition) is 3. The van der Waals surface area contributed by atoms with Gasteiger partial charge in [-0.15, -0.1) is 0 Å². The SMILES string of the molecule is N#C[C@@]1(c2ccccc2)CCCC2(C1)OCCO2. The normalized spacial score (nSPS) is 30.2. The van der Waals surface area contributed by atoms with Gasteiger partial charge in [-0.25, -0.2) is 0 Å². The lowest BCUT2D eigenvalue weighted by atomic mass is 9.68. The average Bonchev–Trinajstić information content (AvgIpc) is 2.87. The highest BCUT2D eigenvalue weighted by Gasteiger charge is 2.49. The molecule has 2 fully saturated rings. The van der Waals surface area contributed by atoms with E-state index in [2.05, 4.69) is 6.07 Å². The molecule has 1 heterocycles. The minimum atomic E-state index is -0.510. The standard InChI is InChI=1S/C15H17NO2/c16-12-14(13-5-2-1-3-6-13)7-4-8-15(11-14)17-9-10-18-15/h1-3,5-6H,4,7-11H2/t14-/m1/s1. The van der Waals surface area contributed by atoms with Crippen molar-refractivity contribution in [3.63, 3.8) is 0 Å². The zero-order chi connectivity index (χ0) is 12.5. The molecule has 1 saturated heterocycles. The summed E-state index contributed by atoms with van der Waals surface area (Å²) in [5.41, 5.74) is 0.634. The zero-order valence-corrected chi connectivity index (χ0v) is 10.4. The third-order valence-corrected chi connectivity index (χ3v) is 4.09. The summed E-state index contributed by atoms with van der Waals surface area (Å²) in [4.78, 5) is 0. The maximum Gasteiger partial charge on any atom is 0.170 e. The Morgan fingerprint density at radius 3 is 2.44 bits per heavy atom. The fourth-order valence-corrected chi connectivity index (χ4v) is 3.20. The van der Waals surface area contributed by atoms with E-state index in [1.54, 1.807) is 0 Å². The summed E-state index contributed by atoms with van der Waals surface area (Å²) in [7, 11) is 0. The lowest BCUT2D eigenvalue weighted by Gasteiger charge is -2.41. The Hall–Kier alpha value is -1.37. The van der Waals surface area contributed by atoms with Crippen LogP contribution in [0.1, 0.15) is 31.2 Å².